The molecule has 1 saturated heterocycles. The highest BCUT2D eigenvalue weighted by molar-refractivity contribution is 9.10. The van der Waals surface area contributed by atoms with Gasteiger partial charge in [0.25, 0.3) is 0 Å². The second kappa shape index (κ2) is 4.99. The molecule has 1 aliphatic rings. The van der Waals surface area contributed by atoms with Crippen molar-refractivity contribution in [1.82, 2.24) is 5.32 Å². The van der Waals surface area contributed by atoms with Crippen molar-refractivity contribution in [2.45, 2.75) is 6.92 Å². The van der Waals surface area contributed by atoms with E-state index in [1.54, 1.807) is 0 Å². The lowest BCUT2D eigenvalue weighted by Crippen LogP contribution is -2.29. The Morgan fingerprint density at radius 3 is 3.00 bits per heavy atom. The number of halogens is 1. The largest absolute Gasteiger partial charge is 0.369 e. The van der Waals surface area contributed by atoms with Gasteiger partial charge >= 0.3 is 0 Å². The molecule has 3 heteroatoms. The summed E-state index contributed by atoms with van der Waals surface area (Å²) < 4.78 is 1.19. The third-order valence-electron chi connectivity index (χ3n) is 2.78. The lowest BCUT2D eigenvalue weighted by atomic mass is 10.1. The number of nitrogens with zero attached hydrogens (tertiary/aromatic N) is 1. The van der Waals surface area contributed by atoms with Gasteiger partial charge in [-0.3, -0.25) is 0 Å². The number of benzene rings is 1. The maximum absolute atomic E-state index is 3.62. The molecule has 0 spiro atoms. The monoisotopic (exact) mass is 268 g/mol. The molecular formula is C12H17BrN2. The van der Waals surface area contributed by atoms with E-state index in [1.165, 1.54) is 10.2 Å². The zero-order valence-electron chi connectivity index (χ0n) is 9.04. The van der Waals surface area contributed by atoms with Gasteiger partial charge in [-0.05, 0) is 40.5 Å². The van der Waals surface area contributed by atoms with Gasteiger partial charge in [0.2, 0.25) is 0 Å². The Labute approximate surface area is 99.8 Å². The molecule has 0 radical (unpaired) electrons. The van der Waals surface area contributed by atoms with Crippen molar-refractivity contribution in [3.63, 3.8) is 0 Å². The van der Waals surface area contributed by atoms with E-state index in [2.05, 4.69) is 57.3 Å². The summed E-state index contributed by atoms with van der Waals surface area (Å²) in [6.45, 7) is 6.72. The Balaban J connectivity index is 2.18. The molecule has 0 amide bonds. The molecule has 0 bridgehead atoms. The molecule has 1 unspecified atom stereocenters. The van der Waals surface area contributed by atoms with Gasteiger partial charge in [-0.2, -0.15) is 0 Å². The van der Waals surface area contributed by atoms with Crippen LogP contribution < -0.4 is 10.2 Å². The van der Waals surface area contributed by atoms with Gasteiger partial charge in [-0.25, -0.2) is 0 Å². The zero-order valence-corrected chi connectivity index (χ0v) is 10.6. The van der Waals surface area contributed by atoms with Crippen LogP contribution in [0, 0.1) is 5.92 Å². The van der Waals surface area contributed by atoms with Gasteiger partial charge in [0, 0.05) is 24.1 Å². The van der Waals surface area contributed by atoms with Crippen molar-refractivity contribution in [1.29, 1.82) is 0 Å². The van der Waals surface area contributed by atoms with E-state index in [0.29, 0.717) is 5.92 Å². The summed E-state index contributed by atoms with van der Waals surface area (Å²) in [5.74, 6) is 0.708. The van der Waals surface area contributed by atoms with Gasteiger partial charge < -0.3 is 10.2 Å². The highest BCUT2D eigenvalue weighted by Gasteiger charge is 2.15. The number of hydrogen-bond acceptors (Lipinski definition) is 2. The molecule has 0 aliphatic carbocycles. The van der Waals surface area contributed by atoms with Crippen molar-refractivity contribution < 1.29 is 0 Å². The Morgan fingerprint density at radius 2 is 2.20 bits per heavy atom. The van der Waals surface area contributed by atoms with Crippen LogP contribution in [0.2, 0.25) is 0 Å². The van der Waals surface area contributed by atoms with Crippen molar-refractivity contribution in [2.75, 3.05) is 31.1 Å². The maximum atomic E-state index is 3.62. The summed E-state index contributed by atoms with van der Waals surface area (Å²) in [6.07, 6.45) is 0. The Kier molecular flexibility index (Phi) is 3.65. The van der Waals surface area contributed by atoms with Crippen LogP contribution in [0.3, 0.4) is 0 Å². The predicted octanol–water partition coefficient (Wildman–Crippen LogP) is 2.49. The minimum Gasteiger partial charge on any atom is -0.369 e. The van der Waals surface area contributed by atoms with Crippen LogP contribution >= 0.6 is 15.9 Å². The van der Waals surface area contributed by atoms with E-state index in [1.807, 2.05) is 0 Å². The van der Waals surface area contributed by atoms with Gasteiger partial charge in [-0.1, -0.05) is 19.1 Å². The summed E-state index contributed by atoms with van der Waals surface area (Å²) in [7, 11) is 0. The first-order valence-electron chi connectivity index (χ1n) is 5.47. The van der Waals surface area contributed by atoms with Crippen LogP contribution in [-0.4, -0.2) is 26.2 Å². The Morgan fingerprint density at radius 1 is 1.40 bits per heavy atom. The summed E-state index contributed by atoms with van der Waals surface area (Å²) in [6, 6.07) is 8.45. The molecule has 1 aliphatic heterocycles. The SMILES string of the molecule is CC1CNCCN(c2ccccc2Br)C1. The molecule has 82 valence electrons. The van der Waals surface area contributed by atoms with Gasteiger partial charge in [0.1, 0.15) is 0 Å². The van der Waals surface area contributed by atoms with Crippen molar-refractivity contribution >= 4 is 21.6 Å². The summed E-state index contributed by atoms with van der Waals surface area (Å²) in [5.41, 5.74) is 1.31. The molecular weight excluding hydrogens is 252 g/mol. The number of para-hydroxylation sites is 1. The van der Waals surface area contributed by atoms with E-state index in [9.17, 15) is 0 Å². The second-order valence-electron chi connectivity index (χ2n) is 4.21. The predicted molar refractivity (Wildman–Crippen MR) is 68.4 cm³/mol. The highest BCUT2D eigenvalue weighted by atomic mass is 79.9. The first-order chi connectivity index (χ1) is 7.27. The first kappa shape index (κ1) is 11.0. The molecule has 2 nitrogen and oxygen atoms in total. The molecule has 1 fully saturated rings. The summed E-state index contributed by atoms with van der Waals surface area (Å²) in [4.78, 5) is 2.45. The fourth-order valence-corrected chi connectivity index (χ4v) is 2.56. The molecule has 1 aromatic carbocycles. The molecule has 15 heavy (non-hydrogen) atoms. The summed E-state index contributed by atoms with van der Waals surface area (Å²) in [5, 5.41) is 3.46. The van der Waals surface area contributed by atoms with E-state index in [4.69, 9.17) is 0 Å². The number of hydrogen-bond donors (Lipinski definition) is 1. The molecule has 1 N–H and O–H groups in total. The second-order valence-corrected chi connectivity index (χ2v) is 5.06. The van der Waals surface area contributed by atoms with Crippen molar-refractivity contribution in [2.24, 2.45) is 5.92 Å². The third kappa shape index (κ3) is 2.73. The molecule has 0 saturated carbocycles. The topological polar surface area (TPSA) is 15.3 Å². The zero-order chi connectivity index (χ0) is 10.7. The highest BCUT2D eigenvalue weighted by Crippen LogP contribution is 2.26. The minimum absolute atomic E-state index is 0.708. The van der Waals surface area contributed by atoms with E-state index < -0.39 is 0 Å². The first-order valence-corrected chi connectivity index (χ1v) is 6.27. The molecule has 0 aromatic heterocycles. The molecule has 1 heterocycles. The normalized spacial score (nSPS) is 22.5. The van der Waals surface area contributed by atoms with Crippen LogP contribution in [0.15, 0.2) is 28.7 Å². The van der Waals surface area contributed by atoms with E-state index in [0.717, 1.165) is 26.2 Å². The van der Waals surface area contributed by atoms with Gasteiger partial charge in [0.15, 0.2) is 0 Å². The number of nitrogens with one attached hydrogen (secondary N) is 1. The van der Waals surface area contributed by atoms with Gasteiger partial charge in [-0.15, -0.1) is 0 Å². The van der Waals surface area contributed by atoms with E-state index >= 15 is 0 Å². The average molecular weight is 269 g/mol. The number of anilines is 1. The number of rotatable bonds is 1. The molecule has 1 atom stereocenters. The average Bonchev–Trinajstić information content (AvgIpc) is 2.43. The van der Waals surface area contributed by atoms with Crippen LogP contribution in [0.25, 0.3) is 0 Å². The standard InChI is InChI=1S/C12H17BrN2/c1-10-8-14-6-7-15(9-10)12-5-3-2-4-11(12)13/h2-5,10,14H,6-9H2,1H3. The van der Waals surface area contributed by atoms with Crippen LogP contribution in [-0.2, 0) is 0 Å². The third-order valence-corrected chi connectivity index (χ3v) is 3.45. The lowest BCUT2D eigenvalue weighted by Gasteiger charge is -2.25. The Hall–Kier alpha value is -0.540. The minimum atomic E-state index is 0.708. The molecule has 2 rings (SSSR count). The fourth-order valence-electron chi connectivity index (χ4n) is 2.02. The van der Waals surface area contributed by atoms with Crippen molar-refractivity contribution in [3.8, 4) is 0 Å². The fraction of sp³-hybridized carbons (Fsp3) is 0.500. The smallest absolute Gasteiger partial charge is 0.0511 e. The quantitative estimate of drug-likeness (QED) is 0.842. The van der Waals surface area contributed by atoms with Crippen molar-refractivity contribution in [3.05, 3.63) is 28.7 Å². The lowest BCUT2D eigenvalue weighted by molar-refractivity contribution is 0.564. The van der Waals surface area contributed by atoms with Gasteiger partial charge in [0.05, 0.1) is 5.69 Å². The molecule has 1 aromatic rings. The Bertz CT molecular complexity index is 327. The van der Waals surface area contributed by atoms with Crippen LogP contribution in [0.4, 0.5) is 5.69 Å². The summed E-state index contributed by atoms with van der Waals surface area (Å²) >= 11 is 3.62. The maximum Gasteiger partial charge on any atom is 0.0511 e. The van der Waals surface area contributed by atoms with Crippen LogP contribution in [0.5, 0.6) is 0 Å². The van der Waals surface area contributed by atoms with E-state index in [-0.39, 0.29) is 0 Å². The van der Waals surface area contributed by atoms with Crippen LogP contribution in [0.1, 0.15) is 6.92 Å².